The number of nitrogens with one attached hydrogen (secondary N) is 1. The lowest BCUT2D eigenvalue weighted by Crippen LogP contribution is -2.46. The van der Waals surface area contributed by atoms with Crippen LogP contribution in [0.25, 0.3) is 0 Å². The van der Waals surface area contributed by atoms with Gasteiger partial charge >= 0.3 is 0 Å². The molecule has 0 saturated carbocycles. The third kappa shape index (κ3) is 3.50. The Morgan fingerprint density at radius 1 is 1.50 bits per heavy atom. The van der Waals surface area contributed by atoms with Crippen LogP contribution in [0.3, 0.4) is 0 Å². The molecular weight excluding hydrogens is 322 g/mol. The molecule has 5 nitrogen and oxygen atoms in total. The number of nitrogens with two attached hydrogens (primary N) is 1. The van der Waals surface area contributed by atoms with Crippen LogP contribution in [0.4, 0.5) is 5.69 Å². The highest BCUT2D eigenvalue weighted by Gasteiger charge is 2.31. The molecular formula is C14H20BrN3O2. The van der Waals surface area contributed by atoms with Crippen LogP contribution in [-0.4, -0.2) is 43.3 Å². The normalized spacial score (nSPS) is 17.8. The minimum absolute atomic E-state index is 0.0262. The van der Waals surface area contributed by atoms with E-state index in [-0.39, 0.29) is 5.84 Å². The SMILES string of the molecule is CN(CC1(O)CCOCC1)c1cc(Br)ccc1C(=N)N. The quantitative estimate of drug-likeness (QED) is 0.575. The Hall–Kier alpha value is -1.11. The number of likely N-dealkylation sites (N-methyl/N-ethyl adjacent to an activating group) is 1. The van der Waals surface area contributed by atoms with Gasteiger partial charge in [-0.15, -0.1) is 0 Å². The largest absolute Gasteiger partial charge is 0.388 e. The van der Waals surface area contributed by atoms with E-state index in [1.807, 2.05) is 30.1 Å². The van der Waals surface area contributed by atoms with Crippen LogP contribution in [0.15, 0.2) is 22.7 Å². The first-order chi connectivity index (χ1) is 9.41. The van der Waals surface area contributed by atoms with Crippen molar-refractivity contribution in [1.29, 1.82) is 5.41 Å². The van der Waals surface area contributed by atoms with Gasteiger partial charge in [0.1, 0.15) is 5.84 Å². The smallest absolute Gasteiger partial charge is 0.124 e. The van der Waals surface area contributed by atoms with E-state index in [1.165, 1.54) is 0 Å². The summed E-state index contributed by atoms with van der Waals surface area (Å²) >= 11 is 3.43. The number of hydrogen-bond donors (Lipinski definition) is 3. The van der Waals surface area contributed by atoms with Gasteiger partial charge in [-0.25, -0.2) is 0 Å². The van der Waals surface area contributed by atoms with Crippen LogP contribution in [0.1, 0.15) is 18.4 Å². The molecule has 0 atom stereocenters. The number of anilines is 1. The summed E-state index contributed by atoms with van der Waals surface area (Å²) in [7, 11) is 1.90. The molecule has 1 heterocycles. The Labute approximate surface area is 127 Å². The number of nitrogens with zero attached hydrogens (tertiary/aromatic N) is 1. The van der Waals surface area contributed by atoms with Crippen LogP contribution < -0.4 is 10.6 Å². The summed E-state index contributed by atoms with van der Waals surface area (Å²) in [6.07, 6.45) is 1.25. The van der Waals surface area contributed by atoms with Crippen LogP contribution in [0.2, 0.25) is 0 Å². The molecule has 1 aromatic rings. The topological polar surface area (TPSA) is 82.6 Å². The molecule has 1 aliphatic rings. The first-order valence-corrected chi connectivity index (χ1v) is 7.36. The summed E-state index contributed by atoms with van der Waals surface area (Å²) in [6, 6.07) is 5.59. The lowest BCUT2D eigenvalue weighted by Gasteiger charge is -2.36. The Balaban J connectivity index is 2.21. The fraction of sp³-hybridized carbons (Fsp3) is 0.500. The van der Waals surface area contributed by atoms with Gasteiger partial charge in [-0.3, -0.25) is 5.41 Å². The zero-order valence-electron chi connectivity index (χ0n) is 11.5. The third-order valence-electron chi connectivity index (χ3n) is 3.62. The molecule has 0 spiro atoms. The van der Waals surface area contributed by atoms with Gasteiger partial charge in [0.2, 0.25) is 0 Å². The predicted octanol–water partition coefficient (Wildman–Crippen LogP) is 1.71. The van der Waals surface area contributed by atoms with Crippen molar-refractivity contribution < 1.29 is 9.84 Å². The zero-order chi connectivity index (χ0) is 14.8. The molecule has 110 valence electrons. The number of aliphatic hydroxyl groups is 1. The van der Waals surface area contributed by atoms with E-state index in [0.717, 1.165) is 10.2 Å². The van der Waals surface area contributed by atoms with E-state index in [4.69, 9.17) is 15.9 Å². The van der Waals surface area contributed by atoms with Crippen LogP contribution in [0.5, 0.6) is 0 Å². The summed E-state index contributed by atoms with van der Waals surface area (Å²) in [5.74, 6) is 0.0262. The molecule has 6 heteroatoms. The van der Waals surface area contributed by atoms with Gasteiger partial charge in [-0.05, 0) is 18.2 Å². The maximum absolute atomic E-state index is 10.6. The molecule has 0 aliphatic carbocycles. The number of nitrogen functional groups attached to an aromatic ring is 1. The number of ether oxygens (including phenoxy) is 1. The number of halogens is 1. The molecule has 0 unspecified atom stereocenters. The van der Waals surface area contributed by atoms with Gasteiger partial charge in [0.25, 0.3) is 0 Å². The van der Waals surface area contributed by atoms with E-state index >= 15 is 0 Å². The van der Waals surface area contributed by atoms with Crippen LogP contribution in [0, 0.1) is 5.41 Å². The molecule has 0 radical (unpaired) electrons. The van der Waals surface area contributed by atoms with Gasteiger partial charge in [-0.1, -0.05) is 15.9 Å². The molecule has 1 aliphatic heterocycles. The van der Waals surface area contributed by atoms with Crippen molar-refractivity contribution in [2.24, 2.45) is 5.73 Å². The van der Waals surface area contributed by atoms with E-state index in [1.54, 1.807) is 0 Å². The van der Waals surface area contributed by atoms with E-state index < -0.39 is 5.60 Å². The monoisotopic (exact) mass is 341 g/mol. The predicted molar refractivity (Wildman–Crippen MR) is 83.4 cm³/mol. The molecule has 4 N–H and O–H groups in total. The standard InChI is InChI=1S/C14H20BrN3O2/c1-18(9-14(19)4-6-20-7-5-14)12-8-10(15)2-3-11(12)13(16)17/h2-3,8,19H,4-7,9H2,1H3,(H3,16,17). The van der Waals surface area contributed by atoms with Crippen molar-refractivity contribution in [3.8, 4) is 0 Å². The van der Waals surface area contributed by atoms with Gasteiger partial charge in [0.15, 0.2) is 0 Å². The van der Waals surface area contributed by atoms with Crippen molar-refractivity contribution in [1.82, 2.24) is 0 Å². The third-order valence-corrected chi connectivity index (χ3v) is 4.11. The highest BCUT2D eigenvalue weighted by atomic mass is 79.9. The maximum Gasteiger partial charge on any atom is 0.124 e. The second-order valence-corrected chi connectivity index (χ2v) is 6.18. The Morgan fingerprint density at radius 2 is 2.15 bits per heavy atom. The fourth-order valence-electron chi connectivity index (χ4n) is 2.48. The number of rotatable bonds is 4. The van der Waals surface area contributed by atoms with Crippen molar-refractivity contribution in [2.45, 2.75) is 18.4 Å². The summed E-state index contributed by atoms with van der Waals surface area (Å²) < 4.78 is 6.21. The summed E-state index contributed by atoms with van der Waals surface area (Å²) in [5, 5.41) is 18.2. The van der Waals surface area contributed by atoms with E-state index in [0.29, 0.717) is 38.2 Å². The van der Waals surface area contributed by atoms with Gasteiger partial charge in [0, 0.05) is 55.4 Å². The van der Waals surface area contributed by atoms with Crippen molar-refractivity contribution in [3.63, 3.8) is 0 Å². The number of hydrogen-bond acceptors (Lipinski definition) is 4. The Kier molecular flexibility index (Phi) is 4.67. The van der Waals surface area contributed by atoms with Crippen LogP contribution >= 0.6 is 15.9 Å². The van der Waals surface area contributed by atoms with Gasteiger partial charge in [0.05, 0.1) is 5.60 Å². The molecule has 1 aromatic carbocycles. The average Bonchev–Trinajstić information content (AvgIpc) is 2.38. The first-order valence-electron chi connectivity index (χ1n) is 6.56. The van der Waals surface area contributed by atoms with E-state index in [2.05, 4.69) is 15.9 Å². The molecule has 1 fully saturated rings. The fourth-order valence-corrected chi connectivity index (χ4v) is 2.83. The Bertz CT molecular complexity index is 501. The molecule has 0 amide bonds. The lowest BCUT2D eigenvalue weighted by atomic mass is 9.93. The second-order valence-electron chi connectivity index (χ2n) is 5.27. The molecule has 0 bridgehead atoms. The number of amidine groups is 1. The lowest BCUT2D eigenvalue weighted by molar-refractivity contribution is -0.0572. The van der Waals surface area contributed by atoms with Crippen molar-refractivity contribution >= 4 is 27.5 Å². The minimum atomic E-state index is -0.747. The Morgan fingerprint density at radius 3 is 2.75 bits per heavy atom. The highest BCUT2D eigenvalue weighted by molar-refractivity contribution is 9.10. The average molecular weight is 342 g/mol. The molecule has 0 aromatic heterocycles. The minimum Gasteiger partial charge on any atom is -0.388 e. The highest BCUT2D eigenvalue weighted by Crippen LogP contribution is 2.28. The molecule has 1 saturated heterocycles. The van der Waals surface area contributed by atoms with E-state index in [9.17, 15) is 5.11 Å². The van der Waals surface area contributed by atoms with Crippen molar-refractivity contribution in [2.75, 3.05) is 31.7 Å². The summed E-state index contributed by atoms with van der Waals surface area (Å²) in [6.45, 7) is 1.66. The van der Waals surface area contributed by atoms with Crippen molar-refractivity contribution in [3.05, 3.63) is 28.2 Å². The first kappa shape index (κ1) is 15.3. The van der Waals surface area contributed by atoms with Gasteiger partial charge < -0.3 is 20.5 Å². The zero-order valence-corrected chi connectivity index (χ0v) is 13.1. The van der Waals surface area contributed by atoms with Crippen LogP contribution in [-0.2, 0) is 4.74 Å². The summed E-state index contributed by atoms with van der Waals surface area (Å²) in [5.41, 5.74) is 6.39. The summed E-state index contributed by atoms with van der Waals surface area (Å²) in [4.78, 5) is 1.95. The molecule has 20 heavy (non-hydrogen) atoms. The second kappa shape index (κ2) is 6.11. The van der Waals surface area contributed by atoms with Gasteiger partial charge in [-0.2, -0.15) is 0 Å². The maximum atomic E-state index is 10.6. The number of benzene rings is 1. The molecule has 2 rings (SSSR count).